The Morgan fingerprint density at radius 1 is 0.552 bits per heavy atom. The Hall–Kier alpha value is -2.22. The quantitative estimate of drug-likeness (QED) is 0.0848. The van der Waals surface area contributed by atoms with Crippen LogP contribution in [0.3, 0.4) is 0 Å². The van der Waals surface area contributed by atoms with E-state index in [1.807, 2.05) is 0 Å². The molecule has 2 fully saturated rings. The van der Waals surface area contributed by atoms with Crippen molar-refractivity contribution in [3.63, 3.8) is 0 Å². The Balaban J connectivity index is 0.000000195. The van der Waals surface area contributed by atoms with Crippen LogP contribution in [0.25, 0.3) is 43.8 Å². The third-order valence-electron chi connectivity index (χ3n) is 13.0. The van der Waals surface area contributed by atoms with Crippen molar-refractivity contribution in [1.29, 1.82) is 0 Å². The van der Waals surface area contributed by atoms with Gasteiger partial charge in [-0.3, -0.25) is 0 Å². The molecule has 306 valence electrons. The predicted octanol–water partition coefficient (Wildman–Crippen LogP) is 17.5. The van der Waals surface area contributed by atoms with Crippen molar-refractivity contribution in [2.75, 3.05) is 0 Å². The van der Waals surface area contributed by atoms with Crippen LogP contribution in [-0.4, -0.2) is 9.52 Å². The van der Waals surface area contributed by atoms with Crippen LogP contribution in [-0.2, 0) is 46.5 Å². The van der Waals surface area contributed by atoms with E-state index in [1.54, 1.807) is 11.1 Å². The number of hydrogen-bond acceptors (Lipinski definition) is 0. The summed E-state index contributed by atoms with van der Waals surface area (Å²) in [6.07, 6.45) is 21.5. The second-order valence-electron chi connectivity index (χ2n) is 17.3. The minimum absolute atomic E-state index is 0.571. The maximum atomic E-state index is 4.93. The summed E-state index contributed by atoms with van der Waals surface area (Å²) in [5, 5.41) is 5.66. The van der Waals surface area contributed by atoms with E-state index in [0.29, 0.717) is 10.8 Å². The van der Waals surface area contributed by atoms with Crippen LogP contribution in [0.15, 0.2) is 109 Å². The first-order valence-corrected chi connectivity index (χ1v) is 30.7. The number of benzene rings is 4. The van der Waals surface area contributed by atoms with Crippen molar-refractivity contribution < 1.29 is 20.8 Å². The van der Waals surface area contributed by atoms with Gasteiger partial charge in [0.2, 0.25) is 0 Å². The molecule has 2 aliphatic rings. The summed E-state index contributed by atoms with van der Waals surface area (Å²) in [4.78, 5) is 0. The Morgan fingerprint density at radius 3 is 1.21 bits per heavy atom. The number of rotatable bonds is 12. The molecule has 2 aliphatic carbocycles. The number of hydrogen-bond donors (Lipinski definition) is 0. The van der Waals surface area contributed by atoms with Crippen molar-refractivity contribution in [3.05, 3.63) is 131 Å². The summed E-state index contributed by atoms with van der Waals surface area (Å²) >= 11 is -0.826. The van der Waals surface area contributed by atoms with Gasteiger partial charge in [-0.05, 0) is 97.3 Å². The third kappa shape index (κ3) is 12.4. The minimum atomic E-state index is -0.826. The second-order valence-corrected chi connectivity index (χ2v) is 22.0. The first kappa shape index (κ1) is 46.8. The molecule has 2 radical (unpaired) electrons. The van der Waals surface area contributed by atoms with Crippen LogP contribution in [0.5, 0.6) is 0 Å². The Morgan fingerprint density at radius 2 is 0.897 bits per heavy atom. The first-order chi connectivity index (χ1) is 28.3. The molecule has 0 spiro atoms. The summed E-state index contributed by atoms with van der Waals surface area (Å²) in [5.74, 6) is 0. The fourth-order valence-electron chi connectivity index (χ4n) is 10.3. The van der Waals surface area contributed by atoms with Gasteiger partial charge < -0.3 is 0 Å². The van der Waals surface area contributed by atoms with Gasteiger partial charge in [0, 0.05) is 9.52 Å². The van der Waals surface area contributed by atoms with Crippen LogP contribution in [0, 0.1) is 10.8 Å². The normalized spacial score (nSPS) is 15.2. The number of halogens is 2. The molecule has 4 heteroatoms. The summed E-state index contributed by atoms with van der Waals surface area (Å²) in [6.45, 7) is 13.4. The van der Waals surface area contributed by atoms with Gasteiger partial charge in [0.25, 0.3) is 0 Å². The molecule has 6 aromatic rings. The predicted molar refractivity (Wildman–Crippen MR) is 257 cm³/mol. The van der Waals surface area contributed by atoms with Crippen LogP contribution in [0.1, 0.15) is 127 Å². The molecule has 0 unspecified atom stereocenters. The molecule has 0 nitrogen and oxygen atoms in total. The molecule has 0 saturated heterocycles. The monoisotopic (exact) mass is 904 g/mol. The molecule has 6 aromatic carbocycles. The van der Waals surface area contributed by atoms with E-state index in [1.165, 1.54) is 145 Å². The van der Waals surface area contributed by atoms with Crippen molar-refractivity contribution >= 4 is 48.1 Å². The van der Waals surface area contributed by atoms with Crippen molar-refractivity contribution in [3.8, 4) is 22.3 Å². The van der Waals surface area contributed by atoms with Gasteiger partial charge in [-0.1, -0.05) is 151 Å². The van der Waals surface area contributed by atoms with Gasteiger partial charge in [0.1, 0.15) is 0 Å². The van der Waals surface area contributed by atoms with E-state index in [0.717, 1.165) is 22.4 Å². The van der Waals surface area contributed by atoms with E-state index in [9.17, 15) is 0 Å². The molecule has 0 aromatic heterocycles. The average Bonchev–Trinajstić information content (AvgIpc) is 4.06. The van der Waals surface area contributed by atoms with Gasteiger partial charge in [-0.2, -0.15) is 12.1 Å². The number of fused-ring (bicyclic) bond motifs is 2. The summed E-state index contributed by atoms with van der Waals surface area (Å²) in [6, 6.07) is 41.7. The molecular weight excluding hydrogens is 839 g/mol. The van der Waals surface area contributed by atoms with Crippen molar-refractivity contribution in [1.82, 2.24) is 0 Å². The molecule has 8 rings (SSSR count). The van der Waals surface area contributed by atoms with Crippen LogP contribution >= 0.6 is 17.0 Å². The topological polar surface area (TPSA) is 0 Å². The fourth-order valence-corrected chi connectivity index (χ4v) is 10.3. The average molecular weight is 907 g/mol. The van der Waals surface area contributed by atoms with Gasteiger partial charge in [-0.15, -0.1) is 69.1 Å². The maximum absolute atomic E-state index is 4.93. The standard InChI is InChI=1S/2C26H31.C2H6Si.2ClH.Zr/c2*1-3-14-26(15-5-6-16-26)19-21-17-23-8-7-9-24(25(23)18-21)22-12-10-20(4-2)11-13-22;1-3-2;;;/h2*7-13,17-18H,3-6,14-16,19H2,1-2H3;1-2H3;2*1H;/q2*-1;;;;+4/p-2. The fraction of sp³-hybridized carbons (Fsp3) is 0.444. The Labute approximate surface area is 374 Å². The van der Waals surface area contributed by atoms with Gasteiger partial charge in [0.05, 0.1) is 0 Å². The van der Waals surface area contributed by atoms with Gasteiger partial charge in [-0.25, -0.2) is 0 Å². The summed E-state index contributed by atoms with van der Waals surface area (Å²) in [7, 11) is 11.0. The molecule has 0 heterocycles. The van der Waals surface area contributed by atoms with E-state index in [2.05, 4.69) is 150 Å². The summed E-state index contributed by atoms with van der Waals surface area (Å²) < 4.78 is 0. The molecule has 58 heavy (non-hydrogen) atoms. The molecule has 0 aliphatic heterocycles. The zero-order valence-electron chi connectivity index (χ0n) is 36.5. The summed E-state index contributed by atoms with van der Waals surface area (Å²) in [5.41, 5.74) is 12.5. The van der Waals surface area contributed by atoms with E-state index >= 15 is 0 Å². The third-order valence-corrected chi connectivity index (χ3v) is 13.0. The first-order valence-electron chi connectivity index (χ1n) is 22.4. The molecule has 0 bridgehead atoms. The van der Waals surface area contributed by atoms with Gasteiger partial charge in [0.15, 0.2) is 0 Å². The van der Waals surface area contributed by atoms with Crippen molar-refractivity contribution in [2.24, 2.45) is 10.8 Å². The molecule has 0 amide bonds. The van der Waals surface area contributed by atoms with Gasteiger partial charge >= 0.3 is 37.9 Å². The molecular formula is C54H68Cl2SiZr. The van der Waals surface area contributed by atoms with Crippen LogP contribution in [0.2, 0.25) is 13.1 Å². The van der Waals surface area contributed by atoms with E-state index in [-0.39, 0.29) is 0 Å². The Bertz CT molecular complexity index is 1920. The zero-order chi connectivity index (χ0) is 41.4. The second kappa shape index (κ2) is 23.7. The van der Waals surface area contributed by atoms with Crippen molar-refractivity contribution in [2.45, 2.75) is 144 Å². The Kier molecular flexibility index (Phi) is 19.1. The van der Waals surface area contributed by atoms with E-state index < -0.39 is 20.8 Å². The van der Waals surface area contributed by atoms with Crippen LogP contribution < -0.4 is 0 Å². The molecule has 0 N–H and O–H groups in total. The van der Waals surface area contributed by atoms with Crippen LogP contribution in [0.4, 0.5) is 0 Å². The van der Waals surface area contributed by atoms with E-state index in [4.69, 9.17) is 17.0 Å². The molecule has 0 atom stereocenters. The number of aryl methyl sites for hydroxylation is 2. The zero-order valence-corrected chi connectivity index (χ0v) is 41.4. The SMILES string of the molecule is CCCC1(Cc2cc3c(-c4ccc(CC)cc4)cccc3[cH-]2)CCCC1.CCCC1(Cc2cc3c(-c4ccc(CC)cc4)cccc3[cH-]2)CCCC1.C[Si]C.[Cl][Zr+2][Cl]. The molecule has 2 saturated carbocycles.